The van der Waals surface area contributed by atoms with E-state index in [0.29, 0.717) is 12.1 Å². The number of nitrogens with one attached hydrogen (secondary N) is 2. The molecule has 28 heavy (non-hydrogen) atoms. The number of rotatable bonds is 9. The van der Waals surface area contributed by atoms with Gasteiger partial charge in [-0.25, -0.2) is 0 Å². The van der Waals surface area contributed by atoms with Crippen molar-refractivity contribution in [1.29, 1.82) is 0 Å². The normalized spacial score (nSPS) is 20.4. The molecule has 0 amide bonds. The first-order valence-corrected chi connectivity index (χ1v) is 10.8. The molecule has 2 unspecified atom stereocenters. The van der Waals surface area contributed by atoms with Crippen molar-refractivity contribution in [2.24, 2.45) is 4.99 Å². The van der Waals surface area contributed by atoms with Crippen molar-refractivity contribution in [2.75, 3.05) is 66.5 Å². The fourth-order valence-electron chi connectivity index (χ4n) is 3.83. The predicted octanol–water partition coefficient (Wildman–Crippen LogP) is 1.87. The van der Waals surface area contributed by atoms with Gasteiger partial charge in [-0.1, -0.05) is 44.2 Å². The van der Waals surface area contributed by atoms with E-state index in [-0.39, 0.29) is 0 Å². The van der Waals surface area contributed by atoms with E-state index < -0.39 is 0 Å². The van der Waals surface area contributed by atoms with Crippen LogP contribution in [0.4, 0.5) is 0 Å². The van der Waals surface area contributed by atoms with Crippen LogP contribution in [0.2, 0.25) is 0 Å². The quantitative estimate of drug-likeness (QED) is 0.500. The highest BCUT2D eigenvalue weighted by Crippen LogP contribution is 2.20. The van der Waals surface area contributed by atoms with Gasteiger partial charge in [-0.15, -0.1) is 0 Å². The van der Waals surface area contributed by atoms with Crippen molar-refractivity contribution in [3.8, 4) is 0 Å². The van der Waals surface area contributed by atoms with Crippen LogP contribution in [0.5, 0.6) is 0 Å². The van der Waals surface area contributed by atoms with E-state index in [4.69, 9.17) is 4.99 Å². The molecule has 6 heteroatoms. The molecule has 0 radical (unpaired) electrons. The minimum atomic E-state index is 0.301. The van der Waals surface area contributed by atoms with Gasteiger partial charge in [0.05, 0.1) is 12.6 Å². The van der Waals surface area contributed by atoms with Gasteiger partial charge in [0.1, 0.15) is 0 Å². The largest absolute Gasteiger partial charge is 0.357 e. The Bertz CT molecular complexity index is 572. The predicted molar refractivity (Wildman–Crippen MR) is 120 cm³/mol. The van der Waals surface area contributed by atoms with Gasteiger partial charge in [0.2, 0.25) is 0 Å². The van der Waals surface area contributed by atoms with Crippen LogP contribution in [-0.2, 0) is 0 Å². The first-order valence-electron chi connectivity index (χ1n) is 10.8. The standard InChI is InChI=1S/C22H40N6/c1-6-23-22(24-16-20-18-26(4)14-15-27(20)5)25-17-21(28(7-2)8-3)19-12-10-9-11-13-19/h9-13,20-21H,6-8,14-18H2,1-5H3,(H2,23,24,25). The maximum Gasteiger partial charge on any atom is 0.191 e. The van der Waals surface area contributed by atoms with Gasteiger partial charge in [0.15, 0.2) is 5.96 Å². The maximum absolute atomic E-state index is 4.96. The van der Waals surface area contributed by atoms with Gasteiger partial charge in [-0.2, -0.15) is 0 Å². The van der Waals surface area contributed by atoms with Crippen LogP contribution in [-0.4, -0.2) is 93.2 Å². The minimum Gasteiger partial charge on any atom is -0.357 e. The fraction of sp³-hybridized carbons (Fsp3) is 0.682. The third-order valence-electron chi connectivity index (χ3n) is 5.69. The topological polar surface area (TPSA) is 46.1 Å². The molecule has 1 aliphatic rings. The lowest BCUT2D eigenvalue weighted by Crippen LogP contribution is -2.55. The van der Waals surface area contributed by atoms with Gasteiger partial charge in [-0.3, -0.25) is 14.8 Å². The Kier molecular flexibility index (Phi) is 9.75. The third kappa shape index (κ3) is 6.76. The summed E-state index contributed by atoms with van der Waals surface area (Å²) in [6.07, 6.45) is 0. The first-order chi connectivity index (χ1) is 13.6. The first kappa shape index (κ1) is 22.7. The molecule has 2 N–H and O–H groups in total. The molecule has 1 saturated heterocycles. The van der Waals surface area contributed by atoms with Crippen molar-refractivity contribution in [3.63, 3.8) is 0 Å². The molecule has 0 bridgehead atoms. The summed E-state index contributed by atoms with van der Waals surface area (Å²) in [4.78, 5) is 12.3. The number of hydrogen-bond donors (Lipinski definition) is 2. The minimum absolute atomic E-state index is 0.301. The van der Waals surface area contributed by atoms with E-state index in [9.17, 15) is 0 Å². The molecule has 1 aromatic rings. The summed E-state index contributed by atoms with van der Waals surface area (Å²) in [5, 5.41) is 6.99. The SMILES string of the molecule is CCNC(=NCC(c1ccccc1)N(CC)CC)NCC1CN(C)CCN1C. The average molecular weight is 389 g/mol. The van der Waals surface area contributed by atoms with Gasteiger partial charge in [0.25, 0.3) is 0 Å². The second-order valence-electron chi connectivity index (χ2n) is 7.64. The zero-order valence-electron chi connectivity index (χ0n) is 18.5. The molecule has 6 nitrogen and oxygen atoms in total. The molecule has 1 aliphatic heterocycles. The highest BCUT2D eigenvalue weighted by molar-refractivity contribution is 5.79. The molecule has 2 atom stereocenters. The zero-order valence-corrected chi connectivity index (χ0v) is 18.5. The number of benzene rings is 1. The fourth-order valence-corrected chi connectivity index (χ4v) is 3.83. The monoisotopic (exact) mass is 388 g/mol. The van der Waals surface area contributed by atoms with Crippen molar-refractivity contribution in [3.05, 3.63) is 35.9 Å². The van der Waals surface area contributed by atoms with E-state index in [1.807, 2.05) is 0 Å². The van der Waals surface area contributed by atoms with Crippen molar-refractivity contribution in [2.45, 2.75) is 32.9 Å². The molecular weight excluding hydrogens is 348 g/mol. The maximum atomic E-state index is 4.96. The zero-order chi connectivity index (χ0) is 20.4. The summed E-state index contributed by atoms with van der Waals surface area (Å²) in [6, 6.07) is 11.6. The summed E-state index contributed by atoms with van der Waals surface area (Å²) >= 11 is 0. The molecule has 2 rings (SSSR count). The molecule has 0 spiro atoms. The molecule has 1 fully saturated rings. The Morgan fingerprint density at radius 2 is 1.82 bits per heavy atom. The Morgan fingerprint density at radius 3 is 2.46 bits per heavy atom. The molecule has 1 aromatic carbocycles. The third-order valence-corrected chi connectivity index (χ3v) is 5.69. The molecule has 158 valence electrons. The number of nitrogens with zero attached hydrogens (tertiary/aromatic N) is 4. The van der Waals surface area contributed by atoms with E-state index in [0.717, 1.165) is 58.3 Å². The summed E-state index contributed by atoms with van der Waals surface area (Å²) in [5.41, 5.74) is 1.33. The van der Waals surface area contributed by atoms with Crippen LogP contribution in [0.25, 0.3) is 0 Å². The van der Waals surface area contributed by atoms with Crippen LogP contribution in [0.15, 0.2) is 35.3 Å². The Balaban J connectivity index is 2.05. The Hall–Kier alpha value is -1.63. The lowest BCUT2D eigenvalue weighted by molar-refractivity contribution is 0.116. The second-order valence-corrected chi connectivity index (χ2v) is 7.64. The van der Waals surface area contributed by atoms with Gasteiger partial charge in [0, 0.05) is 38.8 Å². The molecule has 1 heterocycles. The van der Waals surface area contributed by atoms with Crippen LogP contribution in [0, 0.1) is 0 Å². The van der Waals surface area contributed by atoms with Crippen LogP contribution >= 0.6 is 0 Å². The smallest absolute Gasteiger partial charge is 0.191 e. The number of hydrogen-bond acceptors (Lipinski definition) is 4. The molecule has 0 aliphatic carbocycles. The summed E-state index contributed by atoms with van der Waals surface area (Å²) in [5.74, 6) is 0.914. The lowest BCUT2D eigenvalue weighted by Gasteiger charge is -2.38. The van der Waals surface area contributed by atoms with Crippen molar-refractivity contribution >= 4 is 5.96 Å². The lowest BCUT2D eigenvalue weighted by atomic mass is 10.1. The van der Waals surface area contributed by atoms with Crippen LogP contribution in [0.3, 0.4) is 0 Å². The van der Waals surface area contributed by atoms with Crippen LogP contribution in [0.1, 0.15) is 32.4 Å². The van der Waals surface area contributed by atoms with Gasteiger partial charge < -0.3 is 15.5 Å². The molecule has 0 saturated carbocycles. The summed E-state index contributed by atoms with van der Waals surface area (Å²) in [7, 11) is 4.42. The van der Waals surface area contributed by atoms with E-state index in [1.165, 1.54) is 5.56 Å². The van der Waals surface area contributed by atoms with Gasteiger partial charge in [-0.05, 0) is 39.7 Å². The Morgan fingerprint density at radius 1 is 1.11 bits per heavy atom. The number of aliphatic imine (C=N–C) groups is 1. The highest BCUT2D eigenvalue weighted by atomic mass is 15.3. The molecule has 0 aromatic heterocycles. The number of piperazine rings is 1. The summed E-state index contributed by atoms with van der Waals surface area (Å²) in [6.45, 7) is 14.5. The van der Waals surface area contributed by atoms with E-state index in [2.05, 4.69) is 90.5 Å². The highest BCUT2D eigenvalue weighted by Gasteiger charge is 2.22. The average Bonchev–Trinajstić information content (AvgIpc) is 2.72. The number of guanidine groups is 1. The van der Waals surface area contributed by atoms with Crippen molar-refractivity contribution < 1.29 is 0 Å². The molecular formula is C22H40N6. The van der Waals surface area contributed by atoms with E-state index in [1.54, 1.807) is 0 Å². The van der Waals surface area contributed by atoms with E-state index >= 15 is 0 Å². The second kappa shape index (κ2) is 12.0. The van der Waals surface area contributed by atoms with Crippen LogP contribution < -0.4 is 10.6 Å². The number of likely N-dealkylation sites (N-methyl/N-ethyl adjacent to an activating group) is 3. The van der Waals surface area contributed by atoms with Gasteiger partial charge >= 0.3 is 0 Å². The summed E-state index contributed by atoms with van der Waals surface area (Å²) < 4.78 is 0. The Labute approximate surface area is 172 Å². The van der Waals surface area contributed by atoms with Crippen molar-refractivity contribution in [1.82, 2.24) is 25.3 Å².